The second-order valence-corrected chi connectivity index (χ2v) is 9.24. The summed E-state index contributed by atoms with van der Waals surface area (Å²) in [5.74, 6) is -0.310. The van der Waals surface area contributed by atoms with Crippen molar-refractivity contribution < 1.29 is 9.31 Å². The lowest BCUT2D eigenvalue weighted by Crippen LogP contribution is -2.18. The van der Waals surface area contributed by atoms with E-state index in [9.17, 15) is 14.5 Å². The van der Waals surface area contributed by atoms with Gasteiger partial charge in [-0.25, -0.2) is 14.4 Å². The van der Waals surface area contributed by atoms with Gasteiger partial charge in [0.2, 0.25) is 5.13 Å². The predicted octanol–water partition coefficient (Wildman–Crippen LogP) is 6.98. The normalized spacial score (nSPS) is 15.5. The minimum atomic E-state index is -0.417. The summed E-state index contributed by atoms with van der Waals surface area (Å²) in [4.78, 5) is 15.6. The number of hydrogen-bond donors (Lipinski definition) is 0. The van der Waals surface area contributed by atoms with Gasteiger partial charge in [-0.15, -0.1) is 11.3 Å². The van der Waals surface area contributed by atoms with Gasteiger partial charge in [-0.3, -0.25) is 10.1 Å². The number of aromatic nitrogens is 1. The standard InChI is InChI=1S/C24H16BrFN4O2S/c25-18-8-4-15(5-9-18)22-14-33-24(27-22)29-23(16-6-10-19(26)11-7-16)13-21(28-29)17-2-1-3-20(12-17)30(31)32/h1-12,14,23H,13H2. The summed E-state index contributed by atoms with van der Waals surface area (Å²) in [6, 6.07) is 20.5. The van der Waals surface area contributed by atoms with E-state index in [1.54, 1.807) is 18.2 Å². The summed E-state index contributed by atoms with van der Waals surface area (Å²) >= 11 is 4.91. The van der Waals surface area contributed by atoms with E-state index >= 15 is 0 Å². The lowest BCUT2D eigenvalue weighted by Gasteiger charge is -2.21. The molecular weight excluding hydrogens is 507 g/mol. The Bertz CT molecular complexity index is 1360. The molecule has 4 aromatic rings. The maximum atomic E-state index is 13.6. The molecule has 5 rings (SSSR count). The first kappa shape index (κ1) is 21.4. The Morgan fingerprint density at radius 1 is 1.06 bits per heavy atom. The molecule has 0 spiro atoms. The van der Waals surface area contributed by atoms with Gasteiger partial charge in [0.1, 0.15) is 5.82 Å². The van der Waals surface area contributed by atoms with Crippen LogP contribution in [0.5, 0.6) is 0 Å². The first-order chi connectivity index (χ1) is 16.0. The molecule has 3 aromatic carbocycles. The van der Waals surface area contributed by atoms with Crippen molar-refractivity contribution in [2.45, 2.75) is 12.5 Å². The number of anilines is 1. The fraction of sp³-hybridized carbons (Fsp3) is 0.0833. The summed E-state index contributed by atoms with van der Waals surface area (Å²) in [6.07, 6.45) is 0.514. The van der Waals surface area contributed by atoms with Crippen molar-refractivity contribution in [2.24, 2.45) is 5.10 Å². The van der Waals surface area contributed by atoms with Gasteiger partial charge in [0.05, 0.1) is 22.4 Å². The van der Waals surface area contributed by atoms with Crippen molar-refractivity contribution in [1.29, 1.82) is 0 Å². The second-order valence-electron chi connectivity index (χ2n) is 7.49. The van der Waals surface area contributed by atoms with E-state index in [4.69, 9.17) is 10.1 Å². The minimum Gasteiger partial charge on any atom is -0.258 e. The van der Waals surface area contributed by atoms with Gasteiger partial charge >= 0.3 is 0 Å². The average Bonchev–Trinajstić information content (AvgIpc) is 3.48. The summed E-state index contributed by atoms with van der Waals surface area (Å²) in [6.45, 7) is 0. The topological polar surface area (TPSA) is 71.6 Å². The first-order valence-corrected chi connectivity index (χ1v) is 11.7. The Balaban J connectivity index is 1.54. The Morgan fingerprint density at radius 2 is 1.82 bits per heavy atom. The maximum absolute atomic E-state index is 13.6. The van der Waals surface area contributed by atoms with Crippen molar-refractivity contribution in [3.8, 4) is 11.3 Å². The molecule has 1 atom stereocenters. The smallest absolute Gasteiger partial charge is 0.258 e. The van der Waals surface area contributed by atoms with Crippen LogP contribution in [0.15, 0.2) is 87.8 Å². The number of benzene rings is 3. The SMILES string of the molecule is O=[N+]([O-])c1cccc(C2=NN(c3nc(-c4ccc(Br)cc4)cs3)C(c3ccc(F)cc3)C2)c1. The maximum Gasteiger partial charge on any atom is 0.270 e. The number of non-ortho nitro benzene ring substituents is 1. The largest absolute Gasteiger partial charge is 0.270 e. The number of halogens is 2. The molecule has 0 saturated carbocycles. The molecule has 1 aliphatic rings. The third-order valence-electron chi connectivity index (χ3n) is 5.38. The van der Waals surface area contributed by atoms with Gasteiger partial charge < -0.3 is 0 Å². The highest BCUT2D eigenvalue weighted by Gasteiger charge is 2.32. The third kappa shape index (κ3) is 4.42. The van der Waals surface area contributed by atoms with E-state index in [1.807, 2.05) is 40.7 Å². The van der Waals surface area contributed by atoms with E-state index in [0.717, 1.165) is 21.3 Å². The molecule has 1 aliphatic heterocycles. The van der Waals surface area contributed by atoms with Crippen LogP contribution < -0.4 is 5.01 Å². The van der Waals surface area contributed by atoms with Crippen LogP contribution in [0.2, 0.25) is 0 Å². The molecule has 0 bridgehead atoms. The van der Waals surface area contributed by atoms with Crippen LogP contribution >= 0.6 is 27.3 Å². The summed E-state index contributed by atoms with van der Waals surface area (Å²) < 4.78 is 14.5. The van der Waals surface area contributed by atoms with Crippen molar-refractivity contribution in [2.75, 3.05) is 5.01 Å². The molecule has 164 valence electrons. The van der Waals surface area contributed by atoms with Gasteiger partial charge in [0, 0.05) is 39.5 Å². The van der Waals surface area contributed by atoms with Crippen molar-refractivity contribution in [3.63, 3.8) is 0 Å². The van der Waals surface area contributed by atoms with Crippen LogP contribution in [-0.2, 0) is 0 Å². The van der Waals surface area contributed by atoms with Crippen LogP contribution in [0.25, 0.3) is 11.3 Å². The molecule has 6 nitrogen and oxygen atoms in total. The zero-order valence-electron chi connectivity index (χ0n) is 17.1. The van der Waals surface area contributed by atoms with Crippen LogP contribution in [-0.4, -0.2) is 15.6 Å². The van der Waals surface area contributed by atoms with E-state index in [1.165, 1.54) is 35.6 Å². The van der Waals surface area contributed by atoms with Gasteiger partial charge in [0.15, 0.2) is 0 Å². The number of rotatable bonds is 5. The molecular formula is C24H16BrFN4O2S. The molecule has 9 heteroatoms. The number of nitrogens with zero attached hydrogens (tertiary/aromatic N) is 4. The number of hydrogen-bond acceptors (Lipinski definition) is 6. The summed E-state index contributed by atoms with van der Waals surface area (Å²) in [5, 5.41) is 20.5. The summed E-state index contributed by atoms with van der Waals surface area (Å²) in [5.41, 5.74) is 4.12. The first-order valence-electron chi connectivity index (χ1n) is 10.1. The molecule has 0 saturated heterocycles. The zero-order chi connectivity index (χ0) is 22.9. The Kier molecular flexibility index (Phi) is 5.74. The monoisotopic (exact) mass is 522 g/mol. The Morgan fingerprint density at radius 3 is 2.55 bits per heavy atom. The van der Waals surface area contributed by atoms with Gasteiger partial charge in [0.25, 0.3) is 5.69 Å². The van der Waals surface area contributed by atoms with Crippen LogP contribution in [0.1, 0.15) is 23.6 Å². The van der Waals surface area contributed by atoms with Crippen LogP contribution in [0.4, 0.5) is 15.2 Å². The molecule has 0 radical (unpaired) electrons. The van der Waals surface area contributed by atoms with Gasteiger partial charge in [-0.1, -0.05) is 52.3 Å². The van der Waals surface area contributed by atoms with Crippen LogP contribution in [0, 0.1) is 15.9 Å². The minimum absolute atomic E-state index is 0.0127. The zero-order valence-corrected chi connectivity index (χ0v) is 19.5. The average molecular weight is 523 g/mol. The number of thiazole rings is 1. The van der Waals surface area contributed by atoms with Crippen molar-refractivity contribution >= 4 is 43.8 Å². The van der Waals surface area contributed by atoms with Crippen molar-refractivity contribution in [1.82, 2.24) is 4.98 Å². The molecule has 1 aromatic heterocycles. The number of hydrazone groups is 1. The van der Waals surface area contributed by atoms with E-state index in [2.05, 4.69) is 15.9 Å². The Labute approximate surface area is 201 Å². The second kappa shape index (κ2) is 8.84. The quantitative estimate of drug-likeness (QED) is 0.209. The van der Waals surface area contributed by atoms with E-state index in [-0.39, 0.29) is 17.5 Å². The highest BCUT2D eigenvalue weighted by atomic mass is 79.9. The van der Waals surface area contributed by atoms with Crippen molar-refractivity contribution in [3.05, 3.63) is 110 Å². The third-order valence-corrected chi connectivity index (χ3v) is 6.74. The Hall–Kier alpha value is -3.43. The highest BCUT2D eigenvalue weighted by Crippen LogP contribution is 2.39. The molecule has 0 amide bonds. The van der Waals surface area contributed by atoms with Crippen LogP contribution in [0.3, 0.4) is 0 Å². The van der Waals surface area contributed by atoms with E-state index < -0.39 is 4.92 Å². The predicted molar refractivity (Wildman–Crippen MR) is 131 cm³/mol. The lowest BCUT2D eigenvalue weighted by atomic mass is 9.98. The lowest BCUT2D eigenvalue weighted by molar-refractivity contribution is -0.384. The van der Waals surface area contributed by atoms with Gasteiger partial charge in [-0.05, 0) is 29.8 Å². The molecule has 2 heterocycles. The molecule has 1 unspecified atom stereocenters. The molecule has 33 heavy (non-hydrogen) atoms. The fourth-order valence-electron chi connectivity index (χ4n) is 3.73. The molecule has 0 N–H and O–H groups in total. The fourth-order valence-corrected chi connectivity index (χ4v) is 4.82. The molecule has 0 aliphatic carbocycles. The number of nitro benzene ring substituents is 1. The van der Waals surface area contributed by atoms with E-state index in [0.29, 0.717) is 22.8 Å². The summed E-state index contributed by atoms with van der Waals surface area (Å²) in [7, 11) is 0. The molecule has 0 fully saturated rings. The highest BCUT2D eigenvalue weighted by molar-refractivity contribution is 9.10. The van der Waals surface area contributed by atoms with Gasteiger partial charge in [-0.2, -0.15) is 5.10 Å². The number of nitro groups is 1.